The van der Waals surface area contributed by atoms with Crippen LogP contribution in [0.15, 0.2) is 29.4 Å². The van der Waals surface area contributed by atoms with Crippen LogP contribution in [0.1, 0.15) is 43.2 Å². The molecule has 1 atom stereocenters. The highest BCUT2D eigenvalue weighted by molar-refractivity contribution is 7.98. The number of carbonyl (C=O) groups is 2. The summed E-state index contributed by atoms with van der Waals surface area (Å²) >= 11 is 1.53. The average Bonchev–Trinajstić information content (AvgIpc) is 3.36. The fourth-order valence-corrected chi connectivity index (χ4v) is 4.53. The van der Waals surface area contributed by atoms with E-state index in [1.807, 2.05) is 4.52 Å². The van der Waals surface area contributed by atoms with Gasteiger partial charge in [0.05, 0.1) is 18.0 Å². The van der Waals surface area contributed by atoms with Crippen molar-refractivity contribution in [2.24, 2.45) is 5.16 Å². The van der Waals surface area contributed by atoms with Gasteiger partial charge in [-0.3, -0.25) is 15.0 Å². The summed E-state index contributed by atoms with van der Waals surface area (Å²) in [5.74, 6) is 1.04. The Balaban J connectivity index is 1.28. The van der Waals surface area contributed by atoms with Crippen LogP contribution in [0.2, 0.25) is 0 Å². The largest absolute Gasteiger partial charge is 0.390 e. The number of carbonyl (C=O) groups excluding carboxylic acids is 2. The Morgan fingerprint density at radius 2 is 2.07 bits per heavy atom. The number of hydrogen-bond acceptors (Lipinski definition) is 7. The Bertz CT molecular complexity index is 761. The van der Waals surface area contributed by atoms with Gasteiger partial charge in [0.1, 0.15) is 6.10 Å². The van der Waals surface area contributed by atoms with Crippen molar-refractivity contribution in [3.63, 3.8) is 0 Å². The van der Waals surface area contributed by atoms with Gasteiger partial charge in [0.15, 0.2) is 0 Å². The summed E-state index contributed by atoms with van der Waals surface area (Å²) in [5.41, 5.74) is 6.22. The molecule has 150 valence electrons. The Hall–Kier alpha value is -2.10. The Morgan fingerprint density at radius 1 is 1.32 bits per heavy atom. The van der Waals surface area contributed by atoms with Crippen molar-refractivity contribution < 1.29 is 14.4 Å². The van der Waals surface area contributed by atoms with Gasteiger partial charge >= 0.3 is 0 Å². The molecule has 2 N–H and O–H groups in total. The van der Waals surface area contributed by atoms with E-state index in [2.05, 4.69) is 45.2 Å². The van der Waals surface area contributed by atoms with Crippen LogP contribution in [0, 0.1) is 0 Å². The number of hydrazine groups is 2. The van der Waals surface area contributed by atoms with Crippen LogP contribution in [0.5, 0.6) is 0 Å². The Labute approximate surface area is 168 Å². The fraction of sp³-hybridized carbons (Fsp3) is 0.526. The number of hydrogen-bond donors (Lipinski definition) is 2. The molecule has 8 nitrogen and oxygen atoms in total. The zero-order valence-corrected chi connectivity index (χ0v) is 16.7. The third kappa shape index (κ3) is 4.48. The smallest absolute Gasteiger partial charge is 0.247 e. The zero-order valence-electron chi connectivity index (χ0n) is 15.9. The van der Waals surface area contributed by atoms with E-state index in [-0.39, 0.29) is 17.9 Å². The summed E-state index contributed by atoms with van der Waals surface area (Å²) in [6.07, 6.45) is 2.74. The summed E-state index contributed by atoms with van der Waals surface area (Å²) in [4.78, 5) is 27.8. The SMILES string of the molecule is CC(=O)NCC1CC(c2ccc(C3CCN(N4NC(=O)CS4)CC3)cc2)=NO1. The second kappa shape index (κ2) is 8.50. The molecular weight excluding hydrogens is 378 g/mol. The van der Waals surface area contributed by atoms with Crippen LogP contribution in [-0.4, -0.2) is 58.5 Å². The van der Waals surface area contributed by atoms with Crippen LogP contribution >= 0.6 is 11.9 Å². The molecule has 2 amide bonds. The van der Waals surface area contributed by atoms with Gasteiger partial charge < -0.3 is 10.2 Å². The van der Waals surface area contributed by atoms with E-state index in [9.17, 15) is 9.59 Å². The summed E-state index contributed by atoms with van der Waals surface area (Å²) in [7, 11) is 0. The molecule has 0 bridgehead atoms. The first-order chi connectivity index (χ1) is 13.6. The second-order valence-electron chi connectivity index (χ2n) is 7.34. The van der Waals surface area contributed by atoms with Gasteiger partial charge in [-0.25, -0.2) is 5.01 Å². The van der Waals surface area contributed by atoms with Gasteiger partial charge in [-0.05, 0) is 41.8 Å². The van der Waals surface area contributed by atoms with E-state index in [1.54, 1.807) is 0 Å². The summed E-state index contributed by atoms with van der Waals surface area (Å²) in [5, 5.41) is 9.16. The number of rotatable bonds is 5. The molecule has 4 rings (SSSR count). The van der Waals surface area contributed by atoms with Crippen molar-refractivity contribution in [2.75, 3.05) is 25.4 Å². The van der Waals surface area contributed by atoms with E-state index in [0.29, 0.717) is 24.6 Å². The van der Waals surface area contributed by atoms with Gasteiger partial charge in [0.2, 0.25) is 11.8 Å². The number of benzene rings is 1. The van der Waals surface area contributed by atoms with Crippen LogP contribution in [0.3, 0.4) is 0 Å². The molecule has 9 heteroatoms. The molecule has 28 heavy (non-hydrogen) atoms. The molecule has 1 aromatic rings. The van der Waals surface area contributed by atoms with E-state index >= 15 is 0 Å². The average molecular weight is 404 g/mol. The standard InChI is InChI=1S/C19H25N5O3S/c1-13(25)20-11-17-10-18(22-27-17)16-4-2-14(3-5-16)15-6-8-23(9-7-15)24-21-19(26)12-28-24/h2-5,15,17H,6-12H2,1H3,(H,20,25)(H,21,26). The summed E-state index contributed by atoms with van der Waals surface area (Å²) in [6.45, 7) is 3.85. The first kappa shape index (κ1) is 19.2. The van der Waals surface area contributed by atoms with Crippen molar-refractivity contribution in [1.29, 1.82) is 0 Å². The molecule has 1 aromatic carbocycles. The van der Waals surface area contributed by atoms with Crippen molar-refractivity contribution in [3.8, 4) is 0 Å². The van der Waals surface area contributed by atoms with E-state index in [1.165, 1.54) is 24.4 Å². The molecule has 0 spiro atoms. The number of nitrogens with one attached hydrogen (secondary N) is 2. The molecule has 2 saturated heterocycles. The third-order valence-corrected chi connectivity index (χ3v) is 6.25. The topological polar surface area (TPSA) is 86.3 Å². The maximum Gasteiger partial charge on any atom is 0.247 e. The van der Waals surface area contributed by atoms with Crippen molar-refractivity contribution in [2.45, 2.75) is 38.2 Å². The molecule has 0 aliphatic carbocycles. The minimum atomic E-state index is -0.0909. The normalized spacial score (nSPS) is 24.0. The summed E-state index contributed by atoms with van der Waals surface area (Å²) in [6, 6.07) is 8.60. The van der Waals surface area contributed by atoms with Gasteiger partial charge in [0.25, 0.3) is 0 Å². The molecule has 1 unspecified atom stereocenters. The van der Waals surface area contributed by atoms with Crippen molar-refractivity contribution >= 4 is 29.5 Å². The van der Waals surface area contributed by atoms with Crippen molar-refractivity contribution in [1.82, 2.24) is 20.3 Å². The summed E-state index contributed by atoms with van der Waals surface area (Å²) < 4.78 is 1.89. The first-order valence-electron chi connectivity index (χ1n) is 9.63. The molecule has 2 fully saturated rings. The molecule has 0 radical (unpaired) electrons. The van der Waals surface area contributed by atoms with Gasteiger partial charge in [-0.2, -0.15) is 0 Å². The highest BCUT2D eigenvalue weighted by Crippen LogP contribution is 2.31. The molecule has 0 aromatic heterocycles. The third-order valence-electron chi connectivity index (χ3n) is 5.29. The fourth-order valence-electron chi connectivity index (χ4n) is 3.74. The van der Waals surface area contributed by atoms with Crippen LogP contribution in [0.25, 0.3) is 0 Å². The zero-order chi connectivity index (χ0) is 19.5. The Morgan fingerprint density at radius 3 is 2.71 bits per heavy atom. The molecular formula is C19H25N5O3S. The van der Waals surface area contributed by atoms with Crippen molar-refractivity contribution in [3.05, 3.63) is 35.4 Å². The minimum absolute atomic E-state index is 0.0573. The number of piperidine rings is 1. The monoisotopic (exact) mass is 403 g/mol. The second-order valence-corrected chi connectivity index (χ2v) is 8.23. The molecule has 0 saturated carbocycles. The van der Waals surface area contributed by atoms with Gasteiger partial charge in [-0.15, -0.1) is 0 Å². The Kier molecular flexibility index (Phi) is 5.84. The molecule has 3 heterocycles. The van der Waals surface area contributed by atoms with Crippen LogP contribution < -0.4 is 10.7 Å². The lowest BCUT2D eigenvalue weighted by Gasteiger charge is -2.36. The number of nitrogens with zero attached hydrogens (tertiary/aromatic N) is 3. The number of oxime groups is 1. The quantitative estimate of drug-likeness (QED) is 0.723. The van der Waals surface area contributed by atoms with Gasteiger partial charge in [-0.1, -0.05) is 33.9 Å². The van der Waals surface area contributed by atoms with Crippen LogP contribution in [0.4, 0.5) is 0 Å². The number of amides is 2. The predicted octanol–water partition coefficient (Wildman–Crippen LogP) is 1.41. The lowest BCUT2D eigenvalue weighted by molar-refractivity contribution is -0.124. The first-order valence-corrected chi connectivity index (χ1v) is 10.6. The van der Waals surface area contributed by atoms with E-state index < -0.39 is 0 Å². The van der Waals surface area contributed by atoms with E-state index in [0.717, 1.165) is 37.2 Å². The lowest BCUT2D eigenvalue weighted by Crippen LogP contribution is -2.47. The van der Waals surface area contributed by atoms with Gasteiger partial charge in [0, 0.05) is 26.4 Å². The van der Waals surface area contributed by atoms with Crippen LogP contribution in [-0.2, 0) is 14.4 Å². The molecule has 3 aliphatic rings. The maximum absolute atomic E-state index is 11.4. The highest BCUT2D eigenvalue weighted by Gasteiger charge is 2.30. The maximum atomic E-state index is 11.4. The lowest BCUT2D eigenvalue weighted by atomic mass is 9.89. The van der Waals surface area contributed by atoms with E-state index in [4.69, 9.17) is 4.84 Å². The highest BCUT2D eigenvalue weighted by atomic mass is 32.2. The molecule has 3 aliphatic heterocycles. The minimum Gasteiger partial charge on any atom is -0.390 e. The predicted molar refractivity (Wildman–Crippen MR) is 107 cm³/mol.